The molecule has 0 aliphatic carbocycles. The second-order valence-corrected chi connectivity index (χ2v) is 7.28. The average molecular weight is 366 g/mol. The van der Waals surface area contributed by atoms with Crippen LogP contribution in [0.3, 0.4) is 0 Å². The highest BCUT2D eigenvalue weighted by Gasteiger charge is 2.26. The van der Waals surface area contributed by atoms with Gasteiger partial charge in [-0.25, -0.2) is 0 Å². The number of nitrogens with one attached hydrogen (secondary N) is 1. The molecule has 6 nitrogen and oxygen atoms in total. The highest BCUT2D eigenvalue weighted by molar-refractivity contribution is 5.79. The summed E-state index contributed by atoms with van der Waals surface area (Å²) in [7, 11) is 0. The van der Waals surface area contributed by atoms with E-state index in [9.17, 15) is 4.79 Å². The molecule has 2 aliphatic rings. The quantitative estimate of drug-likeness (QED) is 0.881. The molecule has 27 heavy (non-hydrogen) atoms. The number of anilines is 1. The van der Waals surface area contributed by atoms with E-state index < -0.39 is 0 Å². The lowest BCUT2D eigenvalue weighted by molar-refractivity contribution is -0.126. The molecule has 1 aromatic heterocycles. The number of aromatic nitrogens is 2. The van der Waals surface area contributed by atoms with Crippen LogP contribution in [0.15, 0.2) is 42.5 Å². The highest BCUT2D eigenvalue weighted by Crippen LogP contribution is 2.23. The first-order valence-electron chi connectivity index (χ1n) is 9.83. The van der Waals surface area contributed by atoms with Crippen molar-refractivity contribution in [3.63, 3.8) is 0 Å². The first-order valence-corrected chi connectivity index (χ1v) is 9.83. The SMILES string of the molecule is O=C(NCC1CCCO1)C1CCN(c2ccc(-c3ccccc3)nn2)CC1. The maximum Gasteiger partial charge on any atom is 0.223 e. The van der Waals surface area contributed by atoms with E-state index in [0.717, 1.165) is 62.5 Å². The summed E-state index contributed by atoms with van der Waals surface area (Å²) < 4.78 is 5.57. The van der Waals surface area contributed by atoms with Crippen LogP contribution in [0.5, 0.6) is 0 Å². The van der Waals surface area contributed by atoms with Crippen molar-refractivity contribution in [3.8, 4) is 11.3 Å². The molecule has 1 unspecified atom stereocenters. The Hall–Kier alpha value is -2.47. The molecule has 0 bridgehead atoms. The van der Waals surface area contributed by atoms with E-state index in [0.29, 0.717) is 6.54 Å². The standard InChI is InChI=1S/C21H26N4O2/c26-21(22-15-18-7-4-14-27-18)17-10-12-25(13-11-17)20-9-8-19(23-24-20)16-5-2-1-3-6-16/h1-3,5-6,8-9,17-18H,4,7,10-15H2,(H,22,26). The van der Waals surface area contributed by atoms with Gasteiger partial charge in [0.2, 0.25) is 5.91 Å². The Labute approximate surface area is 159 Å². The van der Waals surface area contributed by atoms with E-state index >= 15 is 0 Å². The van der Waals surface area contributed by atoms with Crippen LogP contribution in [0.1, 0.15) is 25.7 Å². The molecule has 2 saturated heterocycles. The summed E-state index contributed by atoms with van der Waals surface area (Å²) >= 11 is 0. The molecule has 1 atom stereocenters. The second kappa shape index (κ2) is 8.48. The molecular formula is C21H26N4O2. The Bertz CT molecular complexity index is 737. The van der Waals surface area contributed by atoms with Gasteiger partial charge in [-0.2, -0.15) is 0 Å². The number of carbonyl (C=O) groups excluding carboxylic acids is 1. The van der Waals surface area contributed by atoms with Gasteiger partial charge in [0.05, 0.1) is 11.8 Å². The van der Waals surface area contributed by atoms with Crippen LogP contribution in [0, 0.1) is 5.92 Å². The molecule has 1 N–H and O–H groups in total. The number of hydrogen-bond donors (Lipinski definition) is 1. The smallest absolute Gasteiger partial charge is 0.223 e. The maximum atomic E-state index is 12.4. The van der Waals surface area contributed by atoms with E-state index in [1.165, 1.54) is 0 Å². The summed E-state index contributed by atoms with van der Waals surface area (Å²) in [5.74, 6) is 1.13. The van der Waals surface area contributed by atoms with E-state index in [-0.39, 0.29) is 17.9 Å². The Balaban J connectivity index is 1.28. The molecule has 0 spiro atoms. The van der Waals surface area contributed by atoms with Gasteiger partial charge in [0.1, 0.15) is 0 Å². The minimum atomic E-state index is 0.0826. The zero-order valence-corrected chi connectivity index (χ0v) is 15.5. The summed E-state index contributed by atoms with van der Waals surface area (Å²) in [5, 5.41) is 11.8. The van der Waals surface area contributed by atoms with Crippen molar-refractivity contribution < 1.29 is 9.53 Å². The molecule has 3 heterocycles. The highest BCUT2D eigenvalue weighted by atomic mass is 16.5. The van der Waals surface area contributed by atoms with Gasteiger partial charge in [-0.3, -0.25) is 4.79 Å². The van der Waals surface area contributed by atoms with E-state index in [4.69, 9.17) is 4.74 Å². The number of rotatable bonds is 5. The van der Waals surface area contributed by atoms with Gasteiger partial charge in [-0.05, 0) is 37.8 Å². The largest absolute Gasteiger partial charge is 0.376 e. The summed E-state index contributed by atoms with van der Waals surface area (Å²) in [6.45, 7) is 3.13. The van der Waals surface area contributed by atoms with Gasteiger partial charge in [0.25, 0.3) is 0 Å². The third-order valence-corrected chi connectivity index (χ3v) is 5.44. The van der Waals surface area contributed by atoms with Crippen molar-refractivity contribution in [2.75, 3.05) is 31.1 Å². The van der Waals surface area contributed by atoms with Crippen LogP contribution >= 0.6 is 0 Å². The van der Waals surface area contributed by atoms with Gasteiger partial charge >= 0.3 is 0 Å². The van der Waals surface area contributed by atoms with Gasteiger partial charge in [0.15, 0.2) is 5.82 Å². The molecule has 0 radical (unpaired) electrons. The summed E-state index contributed by atoms with van der Waals surface area (Å²) in [4.78, 5) is 14.6. The first kappa shape index (κ1) is 17.9. The Morgan fingerprint density at radius 2 is 1.89 bits per heavy atom. The van der Waals surface area contributed by atoms with E-state index in [2.05, 4.69) is 20.4 Å². The van der Waals surface area contributed by atoms with Crippen molar-refractivity contribution in [2.24, 2.45) is 5.92 Å². The predicted molar refractivity (Wildman–Crippen MR) is 104 cm³/mol. The predicted octanol–water partition coefficient (Wildman–Crippen LogP) is 2.66. The van der Waals surface area contributed by atoms with E-state index in [1.807, 2.05) is 42.5 Å². The fourth-order valence-corrected chi connectivity index (χ4v) is 3.79. The van der Waals surface area contributed by atoms with Crippen LogP contribution in [-0.2, 0) is 9.53 Å². The third kappa shape index (κ3) is 4.45. The molecule has 1 amide bonds. The van der Waals surface area contributed by atoms with E-state index in [1.54, 1.807) is 0 Å². The number of benzene rings is 1. The summed E-state index contributed by atoms with van der Waals surface area (Å²) in [6.07, 6.45) is 4.05. The van der Waals surface area contributed by atoms with Gasteiger partial charge in [-0.1, -0.05) is 30.3 Å². The molecule has 1 aromatic carbocycles. The molecule has 2 aromatic rings. The molecule has 0 saturated carbocycles. The summed E-state index contributed by atoms with van der Waals surface area (Å²) in [5.41, 5.74) is 1.95. The Kier molecular flexibility index (Phi) is 5.63. The fraction of sp³-hybridized carbons (Fsp3) is 0.476. The zero-order valence-electron chi connectivity index (χ0n) is 15.5. The number of carbonyl (C=O) groups is 1. The Morgan fingerprint density at radius 1 is 1.07 bits per heavy atom. The van der Waals surface area contributed by atoms with Crippen LogP contribution in [0.4, 0.5) is 5.82 Å². The first-order chi connectivity index (χ1) is 13.3. The Morgan fingerprint density at radius 3 is 2.56 bits per heavy atom. The number of ether oxygens (including phenoxy) is 1. The van der Waals surface area contributed by atoms with Gasteiger partial charge < -0.3 is 15.0 Å². The monoisotopic (exact) mass is 366 g/mol. The number of piperidine rings is 1. The molecule has 4 rings (SSSR count). The van der Waals surface area contributed by atoms with Crippen molar-refractivity contribution in [1.29, 1.82) is 0 Å². The maximum absolute atomic E-state index is 12.4. The van der Waals surface area contributed by atoms with Gasteiger partial charge in [0, 0.05) is 37.7 Å². The molecule has 2 fully saturated rings. The number of amides is 1. The normalized spacial score (nSPS) is 20.6. The second-order valence-electron chi connectivity index (χ2n) is 7.28. The minimum Gasteiger partial charge on any atom is -0.376 e. The third-order valence-electron chi connectivity index (χ3n) is 5.44. The average Bonchev–Trinajstić information content (AvgIpc) is 3.27. The lowest BCUT2D eigenvalue weighted by Crippen LogP contribution is -2.42. The van der Waals surface area contributed by atoms with Crippen LogP contribution in [-0.4, -0.2) is 48.4 Å². The van der Waals surface area contributed by atoms with Crippen molar-refractivity contribution in [3.05, 3.63) is 42.5 Å². The van der Waals surface area contributed by atoms with Crippen LogP contribution in [0.25, 0.3) is 11.3 Å². The number of hydrogen-bond acceptors (Lipinski definition) is 5. The van der Waals surface area contributed by atoms with Gasteiger partial charge in [-0.15, -0.1) is 10.2 Å². The molecule has 6 heteroatoms. The van der Waals surface area contributed by atoms with Crippen molar-refractivity contribution in [2.45, 2.75) is 31.8 Å². The zero-order chi connectivity index (χ0) is 18.5. The van der Waals surface area contributed by atoms with Crippen molar-refractivity contribution >= 4 is 11.7 Å². The van der Waals surface area contributed by atoms with Crippen LogP contribution < -0.4 is 10.2 Å². The topological polar surface area (TPSA) is 67.3 Å². The summed E-state index contributed by atoms with van der Waals surface area (Å²) in [6, 6.07) is 14.1. The van der Waals surface area contributed by atoms with Crippen molar-refractivity contribution in [1.82, 2.24) is 15.5 Å². The number of nitrogens with zero attached hydrogens (tertiary/aromatic N) is 3. The lowest BCUT2D eigenvalue weighted by atomic mass is 9.96. The molecular weight excluding hydrogens is 340 g/mol. The molecule has 142 valence electrons. The lowest BCUT2D eigenvalue weighted by Gasteiger charge is -2.32. The fourth-order valence-electron chi connectivity index (χ4n) is 3.79. The molecule has 2 aliphatic heterocycles. The minimum absolute atomic E-state index is 0.0826. The van der Waals surface area contributed by atoms with Crippen LogP contribution in [0.2, 0.25) is 0 Å².